The van der Waals surface area contributed by atoms with Gasteiger partial charge in [0.2, 0.25) is 5.91 Å². The summed E-state index contributed by atoms with van der Waals surface area (Å²) in [6, 6.07) is 7.98. The highest BCUT2D eigenvalue weighted by atomic mass is 35.5. The molecule has 0 aromatic heterocycles. The second kappa shape index (κ2) is 12.8. The SMILES string of the molecule is CNCCC(=O)NCC(c1cccc(Cl)c1)N1CCOCC1.Cl.Cl. The molecule has 1 aliphatic heterocycles. The Kier molecular flexibility index (Phi) is 12.5. The Morgan fingerprint density at radius 1 is 1.33 bits per heavy atom. The predicted molar refractivity (Wildman–Crippen MR) is 103 cm³/mol. The first-order chi connectivity index (χ1) is 10.7. The molecule has 24 heavy (non-hydrogen) atoms. The maximum absolute atomic E-state index is 11.9. The number of rotatable bonds is 7. The number of morpholine rings is 1. The molecule has 1 amide bonds. The van der Waals surface area contributed by atoms with E-state index in [4.69, 9.17) is 16.3 Å². The van der Waals surface area contributed by atoms with Crippen molar-refractivity contribution < 1.29 is 9.53 Å². The Hall–Kier alpha value is -0.560. The summed E-state index contributed by atoms with van der Waals surface area (Å²) in [6.07, 6.45) is 0.488. The quantitative estimate of drug-likeness (QED) is 0.740. The third kappa shape index (κ3) is 7.55. The lowest BCUT2D eigenvalue weighted by Gasteiger charge is -2.35. The Labute approximate surface area is 161 Å². The highest BCUT2D eigenvalue weighted by Gasteiger charge is 2.23. The lowest BCUT2D eigenvalue weighted by atomic mass is 10.0. The van der Waals surface area contributed by atoms with Gasteiger partial charge in [-0.3, -0.25) is 9.69 Å². The molecule has 1 unspecified atom stereocenters. The zero-order chi connectivity index (χ0) is 15.8. The number of benzene rings is 1. The summed E-state index contributed by atoms with van der Waals surface area (Å²) in [4.78, 5) is 14.2. The molecule has 138 valence electrons. The first kappa shape index (κ1) is 23.4. The van der Waals surface area contributed by atoms with E-state index in [1.165, 1.54) is 0 Å². The van der Waals surface area contributed by atoms with Crippen LogP contribution in [0.1, 0.15) is 18.0 Å². The lowest BCUT2D eigenvalue weighted by molar-refractivity contribution is -0.121. The van der Waals surface area contributed by atoms with E-state index in [-0.39, 0.29) is 36.8 Å². The lowest BCUT2D eigenvalue weighted by Crippen LogP contribution is -2.44. The molecule has 2 N–H and O–H groups in total. The molecule has 5 nitrogen and oxygen atoms in total. The van der Waals surface area contributed by atoms with Crippen molar-refractivity contribution in [3.05, 3.63) is 34.9 Å². The average molecular weight is 399 g/mol. The van der Waals surface area contributed by atoms with Gasteiger partial charge in [0.1, 0.15) is 0 Å². The number of carbonyl (C=O) groups excluding carboxylic acids is 1. The van der Waals surface area contributed by atoms with Crippen LogP contribution in [0.3, 0.4) is 0 Å². The van der Waals surface area contributed by atoms with Crippen LogP contribution in [0.15, 0.2) is 24.3 Å². The molecule has 0 radical (unpaired) electrons. The third-order valence-corrected chi connectivity index (χ3v) is 4.05. The van der Waals surface area contributed by atoms with Gasteiger partial charge >= 0.3 is 0 Å². The number of nitrogens with zero attached hydrogens (tertiary/aromatic N) is 1. The van der Waals surface area contributed by atoms with Crippen molar-refractivity contribution in [3.63, 3.8) is 0 Å². The van der Waals surface area contributed by atoms with Gasteiger partial charge in [-0.1, -0.05) is 23.7 Å². The summed E-state index contributed by atoms with van der Waals surface area (Å²) in [6.45, 7) is 4.46. The van der Waals surface area contributed by atoms with Crippen molar-refractivity contribution in [1.29, 1.82) is 0 Å². The van der Waals surface area contributed by atoms with Gasteiger partial charge in [0.05, 0.1) is 19.3 Å². The molecule has 1 aliphatic rings. The Morgan fingerprint density at radius 2 is 2.04 bits per heavy atom. The van der Waals surface area contributed by atoms with Crippen LogP contribution >= 0.6 is 36.4 Å². The minimum atomic E-state index is 0. The molecule has 1 heterocycles. The number of halogens is 3. The molecular weight excluding hydrogens is 373 g/mol. The van der Waals surface area contributed by atoms with Crippen molar-refractivity contribution in [2.75, 3.05) is 46.4 Å². The van der Waals surface area contributed by atoms with Crippen molar-refractivity contribution in [3.8, 4) is 0 Å². The van der Waals surface area contributed by atoms with Crippen molar-refractivity contribution in [2.45, 2.75) is 12.5 Å². The zero-order valence-corrected chi connectivity index (χ0v) is 16.2. The Morgan fingerprint density at radius 3 is 2.67 bits per heavy atom. The second-order valence-electron chi connectivity index (χ2n) is 5.38. The van der Waals surface area contributed by atoms with Crippen LogP contribution in [0.5, 0.6) is 0 Å². The number of nitrogens with one attached hydrogen (secondary N) is 2. The summed E-state index contributed by atoms with van der Waals surface area (Å²) in [7, 11) is 1.84. The predicted octanol–water partition coefficient (Wildman–Crippen LogP) is 2.28. The third-order valence-electron chi connectivity index (χ3n) is 3.81. The van der Waals surface area contributed by atoms with Gasteiger partial charge in [0.25, 0.3) is 0 Å². The number of hydrogen-bond acceptors (Lipinski definition) is 4. The second-order valence-corrected chi connectivity index (χ2v) is 5.81. The Bertz CT molecular complexity index is 485. The van der Waals surface area contributed by atoms with E-state index >= 15 is 0 Å². The van der Waals surface area contributed by atoms with Gasteiger partial charge in [0.15, 0.2) is 0 Å². The fraction of sp³-hybridized carbons (Fsp3) is 0.562. The maximum atomic E-state index is 11.9. The van der Waals surface area contributed by atoms with Crippen molar-refractivity contribution in [2.24, 2.45) is 0 Å². The van der Waals surface area contributed by atoms with Crippen LogP contribution in [0.2, 0.25) is 5.02 Å². The van der Waals surface area contributed by atoms with E-state index < -0.39 is 0 Å². The molecule has 1 atom stereocenters. The van der Waals surface area contributed by atoms with Crippen LogP contribution in [0, 0.1) is 0 Å². The van der Waals surface area contributed by atoms with E-state index in [9.17, 15) is 4.79 Å². The minimum Gasteiger partial charge on any atom is -0.379 e. The number of amides is 1. The summed E-state index contributed by atoms with van der Waals surface area (Å²) in [5, 5.41) is 6.73. The molecule has 1 aromatic rings. The molecule has 0 saturated carbocycles. The van der Waals surface area contributed by atoms with Gasteiger partial charge in [-0.15, -0.1) is 24.8 Å². The van der Waals surface area contributed by atoms with Crippen molar-refractivity contribution in [1.82, 2.24) is 15.5 Å². The monoisotopic (exact) mass is 397 g/mol. The largest absolute Gasteiger partial charge is 0.379 e. The standard InChI is InChI=1S/C16H24ClN3O2.2ClH/c1-18-6-5-16(21)19-12-15(20-7-9-22-10-8-20)13-3-2-4-14(17)11-13;;/h2-4,11,15,18H,5-10,12H2,1H3,(H,19,21);2*1H. The molecule has 0 aliphatic carbocycles. The zero-order valence-electron chi connectivity index (χ0n) is 13.8. The maximum Gasteiger partial charge on any atom is 0.221 e. The molecule has 1 fully saturated rings. The van der Waals surface area contributed by atoms with Crippen LogP contribution in [-0.4, -0.2) is 57.2 Å². The van der Waals surface area contributed by atoms with Crippen LogP contribution in [0.4, 0.5) is 0 Å². The number of hydrogen-bond donors (Lipinski definition) is 2. The van der Waals surface area contributed by atoms with Gasteiger partial charge in [0, 0.05) is 37.6 Å². The molecule has 8 heteroatoms. The van der Waals surface area contributed by atoms with E-state index in [1.54, 1.807) is 0 Å². The van der Waals surface area contributed by atoms with E-state index in [0.717, 1.165) is 36.9 Å². The van der Waals surface area contributed by atoms with Gasteiger partial charge in [-0.05, 0) is 24.7 Å². The fourth-order valence-electron chi connectivity index (χ4n) is 2.60. The summed E-state index contributed by atoms with van der Waals surface area (Å²) < 4.78 is 5.42. The molecule has 2 rings (SSSR count). The number of ether oxygens (including phenoxy) is 1. The van der Waals surface area contributed by atoms with Crippen LogP contribution in [0.25, 0.3) is 0 Å². The van der Waals surface area contributed by atoms with E-state index in [0.29, 0.717) is 19.5 Å². The normalized spacial score (nSPS) is 15.8. The number of carbonyl (C=O) groups is 1. The smallest absolute Gasteiger partial charge is 0.221 e. The molecular formula is C16H26Cl3N3O2. The first-order valence-electron chi connectivity index (χ1n) is 7.69. The topological polar surface area (TPSA) is 53.6 Å². The van der Waals surface area contributed by atoms with Gasteiger partial charge in [-0.25, -0.2) is 0 Å². The van der Waals surface area contributed by atoms with Gasteiger partial charge in [-0.2, -0.15) is 0 Å². The molecule has 1 saturated heterocycles. The molecule has 1 aromatic carbocycles. The van der Waals surface area contributed by atoms with E-state index in [1.807, 2.05) is 25.2 Å². The summed E-state index contributed by atoms with van der Waals surface area (Å²) >= 11 is 6.12. The summed E-state index contributed by atoms with van der Waals surface area (Å²) in [5.74, 6) is 0.0645. The Balaban J connectivity index is 0.00000264. The van der Waals surface area contributed by atoms with E-state index in [2.05, 4.69) is 21.6 Å². The average Bonchev–Trinajstić information content (AvgIpc) is 2.54. The van der Waals surface area contributed by atoms with Crippen molar-refractivity contribution >= 4 is 42.3 Å². The molecule has 0 bridgehead atoms. The van der Waals surface area contributed by atoms with Gasteiger partial charge < -0.3 is 15.4 Å². The first-order valence-corrected chi connectivity index (χ1v) is 8.07. The fourth-order valence-corrected chi connectivity index (χ4v) is 2.80. The van der Waals surface area contributed by atoms with Crippen LogP contribution in [-0.2, 0) is 9.53 Å². The highest BCUT2D eigenvalue weighted by molar-refractivity contribution is 6.30. The highest BCUT2D eigenvalue weighted by Crippen LogP contribution is 2.23. The van der Waals surface area contributed by atoms with Crippen LogP contribution < -0.4 is 10.6 Å². The minimum absolute atomic E-state index is 0. The molecule has 0 spiro atoms. The summed E-state index contributed by atoms with van der Waals surface area (Å²) in [5.41, 5.74) is 1.13.